The molecule has 0 saturated carbocycles. The Morgan fingerprint density at radius 3 is 2.96 bits per heavy atom. The Hall–Kier alpha value is -2.67. The van der Waals surface area contributed by atoms with Crippen molar-refractivity contribution in [3.63, 3.8) is 0 Å². The van der Waals surface area contributed by atoms with E-state index in [-0.39, 0.29) is 24.1 Å². The van der Waals surface area contributed by atoms with Crippen molar-refractivity contribution in [2.24, 2.45) is 0 Å². The van der Waals surface area contributed by atoms with Gasteiger partial charge in [0.15, 0.2) is 0 Å². The molecule has 2 aromatic rings. The third-order valence-electron chi connectivity index (χ3n) is 4.29. The number of likely N-dealkylation sites (tertiary alicyclic amines) is 1. The average Bonchev–Trinajstić information content (AvgIpc) is 2.64. The summed E-state index contributed by atoms with van der Waals surface area (Å²) in [5, 5.41) is 11.5. The lowest BCUT2D eigenvalue weighted by Gasteiger charge is -2.33. The number of aromatic nitrogens is 1. The molecule has 1 unspecified atom stereocenters. The minimum atomic E-state index is -0.462. The first-order valence-corrected chi connectivity index (χ1v) is 8.68. The van der Waals surface area contributed by atoms with Crippen molar-refractivity contribution in [2.75, 3.05) is 13.1 Å². The maximum absolute atomic E-state index is 12.6. The van der Waals surface area contributed by atoms with Crippen LogP contribution >= 0.6 is 11.6 Å². The zero-order valence-corrected chi connectivity index (χ0v) is 14.8. The van der Waals surface area contributed by atoms with Crippen LogP contribution in [-0.4, -0.2) is 39.9 Å². The number of nitro groups is 1. The molecule has 1 aromatic heterocycles. The van der Waals surface area contributed by atoms with E-state index in [0.29, 0.717) is 29.4 Å². The molecule has 1 amide bonds. The Morgan fingerprint density at radius 1 is 1.38 bits per heavy atom. The molecule has 1 fully saturated rings. The fourth-order valence-corrected chi connectivity index (χ4v) is 3.18. The van der Waals surface area contributed by atoms with Crippen LogP contribution in [0.4, 0.5) is 5.69 Å². The second kappa shape index (κ2) is 8.14. The van der Waals surface area contributed by atoms with E-state index in [2.05, 4.69) is 4.98 Å². The van der Waals surface area contributed by atoms with E-state index in [1.165, 1.54) is 12.3 Å². The summed E-state index contributed by atoms with van der Waals surface area (Å²) in [6.45, 7) is 1.04. The summed E-state index contributed by atoms with van der Waals surface area (Å²) in [6, 6.07) is 8.01. The maximum atomic E-state index is 12.6. The summed E-state index contributed by atoms with van der Waals surface area (Å²) < 4.78 is 5.90. The number of halogens is 1. The molecule has 0 radical (unpaired) electrons. The van der Waals surface area contributed by atoms with Crippen molar-refractivity contribution in [1.29, 1.82) is 0 Å². The molecule has 1 atom stereocenters. The molecule has 1 saturated heterocycles. The van der Waals surface area contributed by atoms with Gasteiger partial charge in [-0.1, -0.05) is 29.8 Å². The molecule has 0 bridgehead atoms. The van der Waals surface area contributed by atoms with Gasteiger partial charge in [0.25, 0.3) is 5.69 Å². The van der Waals surface area contributed by atoms with Gasteiger partial charge in [0.05, 0.1) is 17.9 Å². The van der Waals surface area contributed by atoms with Crippen LogP contribution < -0.4 is 4.74 Å². The lowest BCUT2D eigenvalue weighted by atomic mass is 10.1. The van der Waals surface area contributed by atoms with Crippen molar-refractivity contribution in [3.05, 3.63) is 63.4 Å². The number of hydrogen-bond donors (Lipinski definition) is 0. The summed E-state index contributed by atoms with van der Waals surface area (Å²) >= 11 is 6.06. The maximum Gasteiger partial charge on any atom is 0.273 e. The van der Waals surface area contributed by atoms with E-state index < -0.39 is 4.92 Å². The topological polar surface area (TPSA) is 85.6 Å². The second-order valence-corrected chi connectivity index (χ2v) is 6.50. The van der Waals surface area contributed by atoms with Gasteiger partial charge in [0.2, 0.25) is 5.91 Å². The number of nitrogens with zero attached hydrogens (tertiary/aromatic N) is 3. The van der Waals surface area contributed by atoms with E-state index in [4.69, 9.17) is 16.3 Å². The van der Waals surface area contributed by atoms with Crippen molar-refractivity contribution >= 4 is 23.2 Å². The van der Waals surface area contributed by atoms with Crippen LogP contribution in [-0.2, 0) is 11.2 Å². The number of ether oxygens (including phenoxy) is 1. The number of rotatable bonds is 5. The van der Waals surface area contributed by atoms with Crippen LogP contribution in [0.2, 0.25) is 5.02 Å². The Bertz CT molecular complexity index is 815. The molecule has 136 valence electrons. The second-order valence-electron chi connectivity index (χ2n) is 6.09. The Labute approximate surface area is 155 Å². The standard InChI is InChI=1S/C18H18ClN3O4/c19-15-11-20-8-7-17(15)26-14-5-3-9-21(12-14)18(23)10-13-4-1-2-6-16(13)22(24)25/h1-2,4,6-8,11,14H,3,5,9-10,12H2. The fraction of sp³-hybridized carbons (Fsp3) is 0.333. The van der Waals surface area contributed by atoms with Crippen LogP contribution in [0.25, 0.3) is 0 Å². The van der Waals surface area contributed by atoms with Gasteiger partial charge in [0, 0.05) is 36.6 Å². The minimum Gasteiger partial charge on any atom is -0.487 e. The van der Waals surface area contributed by atoms with Crippen molar-refractivity contribution in [1.82, 2.24) is 9.88 Å². The molecule has 8 heteroatoms. The van der Waals surface area contributed by atoms with Crippen LogP contribution in [0.15, 0.2) is 42.7 Å². The molecule has 3 rings (SSSR count). The van der Waals surface area contributed by atoms with E-state index in [1.54, 1.807) is 35.4 Å². The number of benzene rings is 1. The number of piperidine rings is 1. The van der Waals surface area contributed by atoms with Crippen LogP contribution in [0.1, 0.15) is 18.4 Å². The number of nitro benzene ring substituents is 1. The number of hydrogen-bond acceptors (Lipinski definition) is 5. The molecule has 0 aliphatic carbocycles. The first-order valence-electron chi connectivity index (χ1n) is 8.31. The van der Waals surface area contributed by atoms with Gasteiger partial charge >= 0.3 is 0 Å². The van der Waals surface area contributed by atoms with Crippen molar-refractivity contribution in [3.8, 4) is 5.75 Å². The Kier molecular flexibility index (Phi) is 5.68. The van der Waals surface area contributed by atoms with Crippen molar-refractivity contribution in [2.45, 2.75) is 25.4 Å². The van der Waals surface area contributed by atoms with Gasteiger partial charge in [-0.15, -0.1) is 0 Å². The molecule has 1 aromatic carbocycles. The molecule has 0 N–H and O–H groups in total. The monoisotopic (exact) mass is 375 g/mol. The predicted octanol–water partition coefficient (Wildman–Crippen LogP) is 3.26. The SMILES string of the molecule is O=C(Cc1ccccc1[N+](=O)[O-])N1CCCC(Oc2ccncc2Cl)C1. The molecular weight excluding hydrogens is 358 g/mol. The number of para-hydroxylation sites is 1. The smallest absolute Gasteiger partial charge is 0.273 e. The van der Waals surface area contributed by atoms with Gasteiger partial charge in [-0.2, -0.15) is 0 Å². The minimum absolute atomic E-state index is 0.000113. The highest BCUT2D eigenvalue weighted by molar-refractivity contribution is 6.31. The van der Waals surface area contributed by atoms with Crippen molar-refractivity contribution < 1.29 is 14.5 Å². The zero-order chi connectivity index (χ0) is 18.5. The lowest BCUT2D eigenvalue weighted by molar-refractivity contribution is -0.385. The van der Waals surface area contributed by atoms with E-state index >= 15 is 0 Å². The summed E-state index contributed by atoms with van der Waals surface area (Å²) in [5.41, 5.74) is 0.386. The largest absolute Gasteiger partial charge is 0.487 e. The molecule has 2 heterocycles. The average molecular weight is 376 g/mol. The highest BCUT2D eigenvalue weighted by Gasteiger charge is 2.27. The van der Waals surface area contributed by atoms with Gasteiger partial charge in [-0.05, 0) is 12.8 Å². The molecule has 1 aliphatic rings. The zero-order valence-electron chi connectivity index (χ0n) is 14.0. The molecule has 1 aliphatic heterocycles. The molecule has 7 nitrogen and oxygen atoms in total. The predicted molar refractivity (Wildman–Crippen MR) is 96.3 cm³/mol. The van der Waals surface area contributed by atoms with E-state index in [1.807, 2.05) is 0 Å². The van der Waals surface area contributed by atoms with Gasteiger partial charge in [0.1, 0.15) is 16.9 Å². The van der Waals surface area contributed by atoms with Crippen LogP contribution in [0.3, 0.4) is 0 Å². The molecule has 26 heavy (non-hydrogen) atoms. The van der Waals surface area contributed by atoms with Gasteiger partial charge < -0.3 is 9.64 Å². The summed E-state index contributed by atoms with van der Waals surface area (Å²) in [4.78, 5) is 28.9. The quantitative estimate of drug-likeness (QED) is 0.591. The summed E-state index contributed by atoms with van der Waals surface area (Å²) in [7, 11) is 0. The number of pyridine rings is 1. The lowest BCUT2D eigenvalue weighted by Crippen LogP contribution is -2.45. The van der Waals surface area contributed by atoms with Gasteiger partial charge in [-0.3, -0.25) is 19.9 Å². The van der Waals surface area contributed by atoms with Crippen LogP contribution in [0, 0.1) is 10.1 Å². The molecular formula is C18H18ClN3O4. The Morgan fingerprint density at radius 2 is 2.19 bits per heavy atom. The van der Waals surface area contributed by atoms with Crippen LogP contribution in [0.5, 0.6) is 5.75 Å². The summed E-state index contributed by atoms with van der Waals surface area (Å²) in [5.74, 6) is 0.396. The summed E-state index contributed by atoms with van der Waals surface area (Å²) in [6.07, 6.45) is 4.56. The number of carbonyl (C=O) groups is 1. The number of amides is 1. The van der Waals surface area contributed by atoms with E-state index in [9.17, 15) is 14.9 Å². The number of carbonyl (C=O) groups excluding carboxylic acids is 1. The van der Waals surface area contributed by atoms with Gasteiger partial charge in [-0.25, -0.2) is 0 Å². The highest BCUT2D eigenvalue weighted by atomic mass is 35.5. The third-order valence-corrected chi connectivity index (χ3v) is 4.57. The Balaban J connectivity index is 1.65. The fourth-order valence-electron chi connectivity index (χ4n) is 3.01. The first kappa shape index (κ1) is 18.1. The normalized spacial score (nSPS) is 17.0. The highest BCUT2D eigenvalue weighted by Crippen LogP contribution is 2.26. The van der Waals surface area contributed by atoms with E-state index in [0.717, 1.165) is 12.8 Å². The first-order chi connectivity index (χ1) is 12.5. The molecule has 0 spiro atoms. The third kappa shape index (κ3) is 4.29.